The Morgan fingerprint density at radius 3 is 2.79 bits per heavy atom. The van der Waals surface area contributed by atoms with Gasteiger partial charge >= 0.3 is 0 Å². The van der Waals surface area contributed by atoms with Gasteiger partial charge in [-0.05, 0) is 30.4 Å². The molecule has 0 radical (unpaired) electrons. The summed E-state index contributed by atoms with van der Waals surface area (Å²) in [5.74, 6) is 0.493. The molecule has 2 rings (SSSR count). The Balaban J connectivity index is 2.32. The molecule has 0 aliphatic heterocycles. The average molecular weight is 212 g/mol. The van der Waals surface area contributed by atoms with Gasteiger partial charge in [0, 0.05) is 12.4 Å². The van der Waals surface area contributed by atoms with Crippen molar-refractivity contribution in [3.05, 3.63) is 24.0 Å². The molecular weight excluding hydrogens is 200 g/mol. The van der Waals surface area contributed by atoms with Crippen molar-refractivity contribution < 1.29 is 8.42 Å². The van der Waals surface area contributed by atoms with Gasteiger partial charge in [-0.15, -0.1) is 0 Å². The summed E-state index contributed by atoms with van der Waals surface area (Å²) < 4.78 is 24.6. The van der Waals surface area contributed by atoms with Crippen molar-refractivity contribution in [2.75, 3.05) is 11.0 Å². The molecule has 0 atom stereocenters. The summed E-state index contributed by atoms with van der Waals surface area (Å²) in [7, 11) is -3.18. The van der Waals surface area contributed by atoms with Gasteiger partial charge in [0.15, 0.2) is 0 Å². The van der Waals surface area contributed by atoms with E-state index in [1.807, 2.05) is 0 Å². The summed E-state index contributed by atoms with van der Waals surface area (Å²) in [6.07, 6.45) is 6.75. The van der Waals surface area contributed by atoms with Gasteiger partial charge < -0.3 is 0 Å². The van der Waals surface area contributed by atoms with Gasteiger partial charge in [-0.1, -0.05) is 0 Å². The number of rotatable bonds is 3. The van der Waals surface area contributed by atoms with E-state index in [0.717, 1.165) is 24.7 Å². The number of sulfonamides is 1. The van der Waals surface area contributed by atoms with Crippen LogP contribution in [0.15, 0.2) is 18.5 Å². The minimum absolute atomic E-state index is 0.493. The highest BCUT2D eigenvalue weighted by Crippen LogP contribution is 2.42. The molecule has 0 spiro atoms. The van der Waals surface area contributed by atoms with Crippen LogP contribution in [0.25, 0.3) is 0 Å². The molecule has 1 aliphatic rings. The molecule has 0 saturated heterocycles. The molecule has 0 aromatic carbocycles. The largest absolute Gasteiger partial charge is 0.283 e. The summed E-state index contributed by atoms with van der Waals surface area (Å²) in [6.45, 7) is 0. The van der Waals surface area contributed by atoms with E-state index < -0.39 is 10.0 Å². The van der Waals surface area contributed by atoms with Crippen LogP contribution in [0, 0.1) is 0 Å². The number of nitrogens with zero attached hydrogens (tertiary/aromatic N) is 1. The lowest BCUT2D eigenvalue weighted by molar-refractivity contribution is 0.606. The highest BCUT2D eigenvalue weighted by molar-refractivity contribution is 7.92. The molecule has 14 heavy (non-hydrogen) atoms. The maximum atomic E-state index is 11.1. The normalized spacial score (nSPS) is 16.6. The maximum absolute atomic E-state index is 11.1. The summed E-state index contributed by atoms with van der Waals surface area (Å²) in [5, 5.41) is 0. The monoisotopic (exact) mass is 212 g/mol. The van der Waals surface area contributed by atoms with Crippen LogP contribution in [0.5, 0.6) is 0 Å². The highest BCUT2D eigenvalue weighted by Gasteiger charge is 2.26. The number of hydrogen-bond acceptors (Lipinski definition) is 3. The van der Waals surface area contributed by atoms with Gasteiger partial charge in [0.25, 0.3) is 0 Å². The molecule has 76 valence electrons. The number of nitrogens with one attached hydrogen (secondary N) is 1. The summed E-state index contributed by atoms with van der Waals surface area (Å²) in [4.78, 5) is 4.00. The Hall–Kier alpha value is -1.10. The fourth-order valence-corrected chi connectivity index (χ4v) is 2.00. The smallest absolute Gasteiger partial charge is 0.229 e. The van der Waals surface area contributed by atoms with E-state index in [9.17, 15) is 8.42 Å². The van der Waals surface area contributed by atoms with Crippen molar-refractivity contribution in [1.29, 1.82) is 0 Å². The van der Waals surface area contributed by atoms with Crippen molar-refractivity contribution in [2.45, 2.75) is 18.8 Å². The lowest BCUT2D eigenvalue weighted by atomic mass is 10.1. The minimum Gasteiger partial charge on any atom is -0.283 e. The summed E-state index contributed by atoms with van der Waals surface area (Å²) in [5.41, 5.74) is 1.68. The first-order valence-corrected chi connectivity index (χ1v) is 6.37. The quantitative estimate of drug-likeness (QED) is 0.822. The Labute approximate surface area is 83.4 Å². The van der Waals surface area contributed by atoms with Gasteiger partial charge in [-0.25, -0.2) is 8.42 Å². The number of aromatic nitrogens is 1. The Morgan fingerprint density at radius 1 is 1.50 bits per heavy atom. The van der Waals surface area contributed by atoms with Crippen molar-refractivity contribution >= 4 is 15.7 Å². The third-order valence-corrected chi connectivity index (χ3v) is 2.76. The second-order valence-electron chi connectivity index (χ2n) is 3.61. The predicted octanol–water partition coefficient (Wildman–Crippen LogP) is 1.33. The lowest BCUT2D eigenvalue weighted by Gasteiger charge is -2.08. The third kappa shape index (κ3) is 2.23. The van der Waals surface area contributed by atoms with E-state index in [2.05, 4.69) is 9.71 Å². The van der Waals surface area contributed by atoms with Gasteiger partial charge in [0.2, 0.25) is 10.0 Å². The first kappa shape index (κ1) is 9.45. The Morgan fingerprint density at radius 2 is 2.21 bits per heavy atom. The zero-order chi connectivity index (χ0) is 10.2. The molecular formula is C9H12N2O2S. The SMILES string of the molecule is CS(=O)(=O)Nc1ccncc1C1CC1. The first-order chi connectivity index (χ1) is 6.56. The molecule has 4 nitrogen and oxygen atoms in total. The van der Waals surface area contributed by atoms with E-state index in [0.29, 0.717) is 11.6 Å². The van der Waals surface area contributed by atoms with Crippen molar-refractivity contribution in [3.63, 3.8) is 0 Å². The van der Waals surface area contributed by atoms with Gasteiger partial charge in [-0.3, -0.25) is 9.71 Å². The number of pyridine rings is 1. The maximum Gasteiger partial charge on any atom is 0.229 e. The topological polar surface area (TPSA) is 59.1 Å². The van der Waals surface area contributed by atoms with Crippen LogP contribution in [-0.4, -0.2) is 19.7 Å². The zero-order valence-electron chi connectivity index (χ0n) is 7.90. The fraction of sp³-hybridized carbons (Fsp3) is 0.444. The third-order valence-electron chi connectivity index (χ3n) is 2.16. The molecule has 5 heteroatoms. The van der Waals surface area contributed by atoms with Crippen molar-refractivity contribution in [1.82, 2.24) is 4.98 Å². The number of hydrogen-bond donors (Lipinski definition) is 1. The molecule has 1 aromatic heterocycles. The predicted molar refractivity (Wildman–Crippen MR) is 54.7 cm³/mol. The molecule has 1 fully saturated rings. The number of anilines is 1. The highest BCUT2D eigenvalue weighted by atomic mass is 32.2. The Kier molecular flexibility index (Phi) is 2.19. The van der Waals surface area contributed by atoms with Crippen LogP contribution in [0.3, 0.4) is 0 Å². The van der Waals surface area contributed by atoms with Crippen LogP contribution in [0.4, 0.5) is 5.69 Å². The van der Waals surface area contributed by atoms with E-state index >= 15 is 0 Å². The second kappa shape index (κ2) is 3.24. The summed E-state index contributed by atoms with van der Waals surface area (Å²) in [6, 6.07) is 1.70. The zero-order valence-corrected chi connectivity index (χ0v) is 8.71. The molecule has 1 saturated carbocycles. The standard InChI is InChI=1S/C9H12N2O2S/c1-14(12,13)11-9-4-5-10-6-8(9)7-2-3-7/h4-7H,2-3H2,1H3,(H,10,11). The van der Waals surface area contributed by atoms with Crippen LogP contribution in [0.2, 0.25) is 0 Å². The molecule has 1 heterocycles. The molecule has 1 N–H and O–H groups in total. The molecule has 1 aliphatic carbocycles. The molecule has 0 bridgehead atoms. The van der Waals surface area contributed by atoms with Crippen LogP contribution in [-0.2, 0) is 10.0 Å². The van der Waals surface area contributed by atoms with E-state index in [1.54, 1.807) is 18.5 Å². The lowest BCUT2D eigenvalue weighted by Crippen LogP contribution is -2.11. The van der Waals surface area contributed by atoms with Crippen molar-refractivity contribution in [2.24, 2.45) is 0 Å². The first-order valence-electron chi connectivity index (χ1n) is 4.48. The van der Waals surface area contributed by atoms with Gasteiger partial charge in [0.05, 0.1) is 11.9 Å². The fourth-order valence-electron chi connectivity index (χ4n) is 1.42. The van der Waals surface area contributed by atoms with Crippen molar-refractivity contribution in [3.8, 4) is 0 Å². The van der Waals surface area contributed by atoms with E-state index in [-0.39, 0.29) is 0 Å². The van der Waals surface area contributed by atoms with Crippen LogP contribution < -0.4 is 4.72 Å². The van der Waals surface area contributed by atoms with Gasteiger partial charge in [0.1, 0.15) is 0 Å². The average Bonchev–Trinajstić information content (AvgIpc) is 2.85. The molecule has 1 aromatic rings. The second-order valence-corrected chi connectivity index (χ2v) is 5.36. The molecule has 0 unspecified atom stereocenters. The van der Waals surface area contributed by atoms with Crippen LogP contribution >= 0.6 is 0 Å². The van der Waals surface area contributed by atoms with Crippen LogP contribution in [0.1, 0.15) is 24.3 Å². The molecule has 0 amide bonds. The van der Waals surface area contributed by atoms with E-state index in [4.69, 9.17) is 0 Å². The van der Waals surface area contributed by atoms with Gasteiger partial charge in [-0.2, -0.15) is 0 Å². The minimum atomic E-state index is -3.18. The summed E-state index contributed by atoms with van der Waals surface area (Å²) >= 11 is 0. The Bertz CT molecular complexity index is 438. The van der Waals surface area contributed by atoms with E-state index in [1.165, 1.54) is 0 Å².